The number of nitrogens with zero attached hydrogens (tertiary/aromatic N) is 1. The Labute approximate surface area is 190 Å². The summed E-state index contributed by atoms with van der Waals surface area (Å²) >= 11 is 1.44. The molecule has 3 amide bonds. The number of hydrogen-bond donors (Lipinski definition) is 2. The zero-order chi connectivity index (χ0) is 22.9. The molecule has 3 rings (SSSR count). The highest BCUT2D eigenvalue weighted by atomic mass is 32.1. The summed E-state index contributed by atoms with van der Waals surface area (Å²) in [5.74, 6) is 0.414. The van der Waals surface area contributed by atoms with Crippen molar-refractivity contribution in [3.63, 3.8) is 0 Å². The van der Waals surface area contributed by atoms with Gasteiger partial charge >= 0.3 is 6.03 Å². The van der Waals surface area contributed by atoms with Crippen molar-refractivity contribution in [2.24, 2.45) is 0 Å². The number of likely N-dealkylation sites (N-methyl/N-ethyl adjacent to an activating group) is 1. The third kappa shape index (κ3) is 6.29. The summed E-state index contributed by atoms with van der Waals surface area (Å²) in [6.07, 6.45) is 2.16. The van der Waals surface area contributed by atoms with Crippen LogP contribution in [0.2, 0.25) is 0 Å². The predicted octanol–water partition coefficient (Wildman–Crippen LogP) is 4.24. The summed E-state index contributed by atoms with van der Waals surface area (Å²) in [5, 5.41) is 7.21. The molecule has 0 saturated heterocycles. The maximum Gasteiger partial charge on any atom is 0.322 e. The maximum atomic E-state index is 12.4. The molecule has 1 heterocycles. The van der Waals surface area contributed by atoms with Crippen molar-refractivity contribution in [1.29, 1.82) is 0 Å². The van der Waals surface area contributed by atoms with Crippen LogP contribution in [0.5, 0.6) is 5.75 Å². The van der Waals surface area contributed by atoms with Crippen LogP contribution in [-0.2, 0) is 9.59 Å². The Morgan fingerprint density at radius 2 is 1.84 bits per heavy atom. The van der Waals surface area contributed by atoms with Crippen molar-refractivity contribution in [3.05, 3.63) is 76.6 Å². The van der Waals surface area contributed by atoms with Crippen molar-refractivity contribution in [2.75, 3.05) is 26.0 Å². The van der Waals surface area contributed by atoms with Gasteiger partial charge in [0.05, 0.1) is 12.8 Å². The first-order valence-corrected chi connectivity index (χ1v) is 10.6. The number of nitrogens with one attached hydrogen (secondary N) is 2. The van der Waals surface area contributed by atoms with E-state index in [4.69, 9.17) is 4.74 Å². The number of carbonyl (C=O) groups is 3. The molecule has 32 heavy (non-hydrogen) atoms. The summed E-state index contributed by atoms with van der Waals surface area (Å²) in [5.41, 5.74) is 2.71. The van der Waals surface area contributed by atoms with Gasteiger partial charge in [-0.3, -0.25) is 9.59 Å². The largest absolute Gasteiger partial charge is 0.497 e. The van der Waals surface area contributed by atoms with E-state index in [0.29, 0.717) is 12.0 Å². The van der Waals surface area contributed by atoms with Crippen LogP contribution in [0.15, 0.2) is 71.7 Å². The Bertz CT molecular complexity index is 1130. The number of para-hydroxylation sites is 1. The highest BCUT2D eigenvalue weighted by molar-refractivity contribution is 7.11. The topological polar surface area (TPSA) is 87.7 Å². The van der Waals surface area contributed by atoms with E-state index in [2.05, 4.69) is 10.6 Å². The minimum atomic E-state index is -0.559. The number of amides is 3. The summed E-state index contributed by atoms with van der Waals surface area (Å²) in [7, 11) is 3.09. The van der Waals surface area contributed by atoms with Gasteiger partial charge in [-0.1, -0.05) is 30.3 Å². The lowest BCUT2D eigenvalue weighted by atomic mass is 10.1. The number of rotatable bonds is 8. The number of anilines is 1. The number of hydrogen-bond acceptors (Lipinski definition) is 5. The minimum absolute atomic E-state index is 0.101. The molecule has 0 unspecified atom stereocenters. The fourth-order valence-corrected chi connectivity index (χ4v) is 3.72. The molecule has 0 aliphatic carbocycles. The molecule has 3 aromatic rings. The lowest BCUT2D eigenvalue weighted by molar-refractivity contribution is -0.116. The van der Waals surface area contributed by atoms with Gasteiger partial charge < -0.3 is 20.3 Å². The standard InChI is InChI=1S/C24H23N3O4S/c1-27(14-23(29)25-19-8-4-3-5-9-19)24(30)26-20(15-28)13-22-12-18(16-32-22)17-7-6-10-21(11-17)31-2/h3-13,15-16H,14H2,1-2H3,(H,25,29)(H,26,30)/b20-13-. The van der Waals surface area contributed by atoms with Gasteiger partial charge in [0.2, 0.25) is 5.91 Å². The van der Waals surface area contributed by atoms with E-state index in [1.165, 1.54) is 23.3 Å². The van der Waals surface area contributed by atoms with E-state index in [1.54, 1.807) is 37.5 Å². The number of ether oxygens (including phenoxy) is 1. The number of methoxy groups -OCH3 is 1. The van der Waals surface area contributed by atoms with Gasteiger partial charge in [-0.15, -0.1) is 11.3 Å². The molecule has 0 atom stereocenters. The van der Waals surface area contributed by atoms with E-state index < -0.39 is 6.03 Å². The van der Waals surface area contributed by atoms with E-state index in [0.717, 1.165) is 21.8 Å². The van der Waals surface area contributed by atoms with Crippen molar-refractivity contribution < 1.29 is 19.1 Å². The van der Waals surface area contributed by atoms with Gasteiger partial charge in [0.15, 0.2) is 6.29 Å². The summed E-state index contributed by atoms with van der Waals surface area (Å²) in [4.78, 5) is 38.0. The summed E-state index contributed by atoms with van der Waals surface area (Å²) in [6, 6.07) is 18.0. The Balaban J connectivity index is 1.61. The molecule has 0 saturated carbocycles. The van der Waals surface area contributed by atoms with Crippen LogP contribution in [0.1, 0.15) is 4.88 Å². The number of urea groups is 1. The number of carbonyl (C=O) groups excluding carboxylic acids is 3. The Kier molecular flexibility index (Phi) is 7.77. The van der Waals surface area contributed by atoms with Gasteiger partial charge in [0.1, 0.15) is 12.3 Å². The minimum Gasteiger partial charge on any atom is -0.497 e. The quantitative estimate of drug-likeness (QED) is 0.398. The van der Waals surface area contributed by atoms with Crippen LogP contribution in [0.4, 0.5) is 10.5 Å². The molecule has 0 aliphatic heterocycles. The number of benzene rings is 2. The molecular formula is C24H23N3O4S. The van der Waals surface area contributed by atoms with Crippen LogP contribution in [0.25, 0.3) is 17.2 Å². The molecule has 0 bridgehead atoms. The van der Waals surface area contributed by atoms with Gasteiger partial charge in [0.25, 0.3) is 0 Å². The highest BCUT2D eigenvalue weighted by Crippen LogP contribution is 2.29. The van der Waals surface area contributed by atoms with Crippen molar-refractivity contribution in [2.45, 2.75) is 0 Å². The van der Waals surface area contributed by atoms with Gasteiger partial charge in [-0.25, -0.2) is 4.79 Å². The Hall–Kier alpha value is -3.91. The van der Waals surface area contributed by atoms with Crippen LogP contribution < -0.4 is 15.4 Å². The average molecular weight is 450 g/mol. The van der Waals surface area contributed by atoms with Crippen LogP contribution >= 0.6 is 11.3 Å². The number of allylic oxidation sites excluding steroid dienone is 1. The van der Waals surface area contributed by atoms with E-state index >= 15 is 0 Å². The van der Waals surface area contributed by atoms with Gasteiger partial charge in [-0.05, 0) is 52.9 Å². The third-order valence-corrected chi connectivity index (χ3v) is 5.36. The second kappa shape index (κ2) is 10.9. The second-order valence-corrected chi connectivity index (χ2v) is 7.83. The molecule has 0 fully saturated rings. The van der Waals surface area contributed by atoms with Gasteiger partial charge in [0, 0.05) is 17.6 Å². The Morgan fingerprint density at radius 3 is 2.56 bits per heavy atom. The highest BCUT2D eigenvalue weighted by Gasteiger charge is 2.14. The fraction of sp³-hybridized carbons (Fsp3) is 0.125. The van der Waals surface area contributed by atoms with E-state index in [-0.39, 0.29) is 18.1 Å². The van der Waals surface area contributed by atoms with E-state index in [9.17, 15) is 14.4 Å². The molecule has 0 aliphatic rings. The molecule has 8 heteroatoms. The van der Waals surface area contributed by atoms with E-state index in [1.807, 2.05) is 41.8 Å². The molecule has 2 N–H and O–H groups in total. The molecule has 0 spiro atoms. The zero-order valence-corrected chi connectivity index (χ0v) is 18.5. The van der Waals surface area contributed by atoms with Crippen molar-refractivity contribution >= 4 is 41.3 Å². The fourth-order valence-electron chi connectivity index (χ4n) is 2.86. The predicted molar refractivity (Wildman–Crippen MR) is 127 cm³/mol. The average Bonchev–Trinajstić information content (AvgIpc) is 3.27. The lowest BCUT2D eigenvalue weighted by Crippen LogP contribution is -2.41. The van der Waals surface area contributed by atoms with Crippen molar-refractivity contribution in [1.82, 2.24) is 10.2 Å². The normalized spacial score (nSPS) is 10.9. The number of aldehydes is 1. The summed E-state index contributed by atoms with van der Waals surface area (Å²) in [6.45, 7) is -0.161. The first-order valence-electron chi connectivity index (χ1n) is 9.75. The molecule has 7 nitrogen and oxygen atoms in total. The number of thiophene rings is 1. The van der Waals surface area contributed by atoms with Crippen LogP contribution in [0.3, 0.4) is 0 Å². The SMILES string of the molecule is COc1cccc(-c2csc(/C=C(/C=O)NC(=O)N(C)CC(=O)Nc3ccccc3)c2)c1. The molecule has 164 valence electrons. The second-order valence-electron chi connectivity index (χ2n) is 6.89. The zero-order valence-electron chi connectivity index (χ0n) is 17.7. The molecule has 1 aromatic heterocycles. The first kappa shape index (κ1) is 22.8. The van der Waals surface area contributed by atoms with Crippen molar-refractivity contribution in [3.8, 4) is 16.9 Å². The third-order valence-electron chi connectivity index (χ3n) is 4.48. The molecular weight excluding hydrogens is 426 g/mol. The molecule has 2 aromatic carbocycles. The van der Waals surface area contributed by atoms with Crippen LogP contribution in [-0.4, -0.2) is 43.8 Å². The van der Waals surface area contributed by atoms with Crippen LogP contribution in [0, 0.1) is 0 Å². The lowest BCUT2D eigenvalue weighted by Gasteiger charge is -2.17. The molecule has 0 radical (unpaired) electrons. The van der Waals surface area contributed by atoms with Gasteiger partial charge in [-0.2, -0.15) is 0 Å². The first-order chi connectivity index (χ1) is 15.5. The maximum absolute atomic E-state index is 12.4. The Morgan fingerprint density at radius 1 is 1.06 bits per heavy atom. The summed E-state index contributed by atoms with van der Waals surface area (Å²) < 4.78 is 5.26. The smallest absolute Gasteiger partial charge is 0.322 e. The monoisotopic (exact) mass is 449 g/mol.